The molecular formula is C28H30FN5O6. The van der Waals surface area contributed by atoms with E-state index < -0.39 is 29.8 Å². The zero-order chi connectivity index (χ0) is 28.2. The Morgan fingerprint density at radius 2 is 2.08 bits per heavy atom. The fourth-order valence-corrected chi connectivity index (χ4v) is 4.77. The molecule has 4 bridgehead atoms. The summed E-state index contributed by atoms with van der Waals surface area (Å²) >= 11 is 0. The third-order valence-electron chi connectivity index (χ3n) is 6.77. The van der Waals surface area contributed by atoms with Crippen LogP contribution in [0.2, 0.25) is 0 Å². The van der Waals surface area contributed by atoms with Gasteiger partial charge in [0, 0.05) is 43.9 Å². The maximum absolute atomic E-state index is 14.5. The molecule has 2 aliphatic rings. The molecule has 1 saturated heterocycles. The second kappa shape index (κ2) is 11.6. The SMILES string of the molecule is COc1ccc2cc1OCC(=O)NCc1cc(F)cc(c1)O[C@@H]1CCN(C(=O)Cn3cc(C)cn3)C[C@@H]1NC2=O. The predicted molar refractivity (Wildman–Crippen MR) is 141 cm³/mol. The van der Waals surface area contributed by atoms with Crippen LogP contribution in [0.1, 0.15) is 27.9 Å². The minimum absolute atomic E-state index is 0.0630. The third kappa shape index (κ3) is 6.33. The zero-order valence-electron chi connectivity index (χ0n) is 22.2. The fourth-order valence-electron chi connectivity index (χ4n) is 4.77. The number of methoxy groups -OCH3 is 1. The molecule has 210 valence electrons. The number of nitrogens with one attached hydrogen (secondary N) is 2. The van der Waals surface area contributed by atoms with Gasteiger partial charge >= 0.3 is 0 Å². The molecular weight excluding hydrogens is 521 g/mol. The highest BCUT2D eigenvalue weighted by Crippen LogP contribution is 2.29. The van der Waals surface area contributed by atoms with E-state index in [0.717, 1.165) is 5.56 Å². The van der Waals surface area contributed by atoms with Crippen molar-refractivity contribution in [3.63, 3.8) is 0 Å². The van der Waals surface area contributed by atoms with Crippen molar-refractivity contribution >= 4 is 17.7 Å². The number of ether oxygens (including phenoxy) is 3. The normalized spacial score (nSPS) is 19.4. The maximum Gasteiger partial charge on any atom is 0.258 e. The summed E-state index contributed by atoms with van der Waals surface area (Å²) in [4.78, 5) is 40.5. The summed E-state index contributed by atoms with van der Waals surface area (Å²) in [5.74, 6) is -0.709. The van der Waals surface area contributed by atoms with Gasteiger partial charge in [-0.15, -0.1) is 0 Å². The van der Waals surface area contributed by atoms with Gasteiger partial charge in [-0.2, -0.15) is 5.10 Å². The van der Waals surface area contributed by atoms with E-state index in [1.165, 1.54) is 25.3 Å². The van der Waals surface area contributed by atoms with Gasteiger partial charge in [-0.05, 0) is 48.4 Å². The molecule has 11 nitrogen and oxygen atoms in total. The van der Waals surface area contributed by atoms with Crippen LogP contribution < -0.4 is 24.8 Å². The average Bonchev–Trinajstić information content (AvgIpc) is 3.34. The van der Waals surface area contributed by atoms with Gasteiger partial charge in [-0.25, -0.2) is 4.39 Å². The van der Waals surface area contributed by atoms with Crippen LogP contribution in [0.5, 0.6) is 17.2 Å². The summed E-state index contributed by atoms with van der Waals surface area (Å²) in [5, 5.41) is 9.87. The number of fused-ring (bicyclic) bond motifs is 5. The Morgan fingerprint density at radius 1 is 1.23 bits per heavy atom. The van der Waals surface area contributed by atoms with Gasteiger partial charge in [0.25, 0.3) is 11.8 Å². The molecule has 2 N–H and O–H groups in total. The Kier molecular flexibility index (Phi) is 7.85. The molecule has 3 amide bonds. The van der Waals surface area contributed by atoms with Crippen molar-refractivity contribution in [1.82, 2.24) is 25.3 Å². The van der Waals surface area contributed by atoms with Gasteiger partial charge in [-0.1, -0.05) is 0 Å². The number of halogens is 1. The van der Waals surface area contributed by atoms with E-state index >= 15 is 0 Å². The lowest BCUT2D eigenvalue weighted by atomic mass is 10.0. The first-order valence-corrected chi connectivity index (χ1v) is 12.9. The number of likely N-dealkylation sites (tertiary alicyclic amines) is 1. The van der Waals surface area contributed by atoms with Gasteiger partial charge in [0.15, 0.2) is 18.1 Å². The second-order valence-corrected chi connectivity index (χ2v) is 9.81. The Labute approximate surface area is 230 Å². The van der Waals surface area contributed by atoms with Gasteiger partial charge < -0.3 is 29.7 Å². The number of benzene rings is 2. The predicted octanol–water partition coefficient (Wildman–Crippen LogP) is 1.83. The standard InChI is InChI=1S/C28H30FN5O6/c1-17-11-31-34(13-17)15-27(36)33-6-5-23-22(14-33)32-28(37)19-3-4-24(38-2)25(9-19)39-16-26(35)30-12-18-7-20(29)10-21(8-18)40-23/h3-4,7-11,13,22-23H,5-6,12,14-16H2,1-2H3,(H,30,35)(H,32,37)/t22-,23+/m0/s1. The lowest BCUT2D eigenvalue weighted by molar-refractivity contribution is -0.134. The largest absolute Gasteiger partial charge is 0.493 e. The summed E-state index contributed by atoms with van der Waals surface area (Å²) in [7, 11) is 1.45. The molecule has 1 fully saturated rings. The molecule has 12 heteroatoms. The summed E-state index contributed by atoms with van der Waals surface area (Å²) in [6.45, 7) is 2.26. The molecule has 0 saturated carbocycles. The maximum atomic E-state index is 14.5. The first-order chi connectivity index (χ1) is 19.3. The van der Waals surface area contributed by atoms with Crippen LogP contribution in [0.4, 0.5) is 4.39 Å². The zero-order valence-corrected chi connectivity index (χ0v) is 22.2. The van der Waals surface area contributed by atoms with Crippen molar-refractivity contribution in [3.8, 4) is 17.2 Å². The van der Waals surface area contributed by atoms with Gasteiger partial charge in [0.2, 0.25) is 5.91 Å². The number of aryl methyl sites for hydroxylation is 1. The molecule has 0 unspecified atom stereocenters. The molecule has 5 rings (SSSR count). The Morgan fingerprint density at radius 3 is 2.85 bits per heavy atom. The van der Waals surface area contributed by atoms with Crippen LogP contribution in [0.15, 0.2) is 48.8 Å². The first kappa shape index (κ1) is 27.0. The minimum Gasteiger partial charge on any atom is -0.493 e. The van der Waals surface area contributed by atoms with Crippen LogP contribution >= 0.6 is 0 Å². The Hall–Kier alpha value is -4.61. The van der Waals surface area contributed by atoms with E-state index in [-0.39, 0.29) is 49.2 Å². The van der Waals surface area contributed by atoms with Crippen molar-refractivity contribution in [2.45, 2.75) is 38.6 Å². The monoisotopic (exact) mass is 551 g/mol. The van der Waals surface area contributed by atoms with E-state index in [4.69, 9.17) is 14.2 Å². The number of carbonyl (C=O) groups is 3. The molecule has 1 aromatic heterocycles. The van der Waals surface area contributed by atoms with E-state index in [1.807, 2.05) is 6.92 Å². The van der Waals surface area contributed by atoms with Crippen LogP contribution in [-0.2, 0) is 22.7 Å². The third-order valence-corrected chi connectivity index (χ3v) is 6.77. The number of rotatable bonds is 3. The van der Waals surface area contributed by atoms with Crippen LogP contribution in [0, 0.1) is 12.7 Å². The molecule has 0 spiro atoms. The van der Waals surface area contributed by atoms with Crippen LogP contribution in [0.3, 0.4) is 0 Å². The Bertz CT molecular complexity index is 1430. The number of piperidine rings is 1. The van der Waals surface area contributed by atoms with Crippen LogP contribution in [-0.4, -0.2) is 71.4 Å². The van der Waals surface area contributed by atoms with Gasteiger partial charge in [0.05, 0.1) is 19.3 Å². The highest BCUT2D eigenvalue weighted by molar-refractivity contribution is 5.95. The van der Waals surface area contributed by atoms with Crippen molar-refractivity contribution in [2.75, 3.05) is 26.8 Å². The molecule has 0 aliphatic carbocycles. The number of hydrogen-bond acceptors (Lipinski definition) is 7. The number of amides is 3. The van der Waals surface area contributed by atoms with Gasteiger partial charge in [0.1, 0.15) is 24.2 Å². The highest BCUT2D eigenvalue weighted by atomic mass is 19.1. The molecule has 0 radical (unpaired) electrons. The molecule has 3 aromatic rings. The first-order valence-electron chi connectivity index (χ1n) is 12.9. The number of hydrogen-bond donors (Lipinski definition) is 2. The lowest BCUT2D eigenvalue weighted by Crippen LogP contribution is -2.58. The van der Waals surface area contributed by atoms with Crippen LogP contribution in [0.25, 0.3) is 0 Å². The number of carbonyl (C=O) groups excluding carboxylic acids is 3. The summed E-state index contributed by atoms with van der Waals surface area (Å²) < 4.78 is 33.2. The molecule has 2 aromatic carbocycles. The van der Waals surface area contributed by atoms with Crippen molar-refractivity contribution in [1.29, 1.82) is 0 Å². The summed E-state index contributed by atoms with van der Waals surface area (Å²) in [6.07, 6.45) is 3.32. The van der Waals surface area contributed by atoms with Crippen molar-refractivity contribution in [3.05, 3.63) is 71.3 Å². The quantitative estimate of drug-likeness (QED) is 0.509. The highest BCUT2D eigenvalue weighted by Gasteiger charge is 2.35. The van der Waals surface area contributed by atoms with E-state index in [9.17, 15) is 18.8 Å². The average molecular weight is 552 g/mol. The van der Waals surface area contributed by atoms with Crippen molar-refractivity contribution in [2.24, 2.45) is 0 Å². The Balaban J connectivity index is 1.43. The summed E-state index contributed by atoms with van der Waals surface area (Å²) in [5.41, 5.74) is 1.71. The van der Waals surface area contributed by atoms with E-state index in [0.29, 0.717) is 24.3 Å². The van der Waals surface area contributed by atoms with Crippen molar-refractivity contribution < 1.29 is 33.0 Å². The fraction of sp³-hybridized carbons (Fsp3) is 0.357. The molecule has 2 aliphatic heterocycles. The van der Waals surface area contributed by atoms with E-state index in [2.05, 4.69) is 15.7 Å². The minimum atomic E-state index is -0.602. The molecule has 2 atom stereocenters. The van der Waals surface area contributed by atoms with Gasteiger partial charge in [-0.3, -0.25) is 19.1 Å². The number of nitrogens with zero attached hydrogens (tertiary/aromatic N) is 3. The summed E-state index contributed by atoms with van der Waals surface area (Å²) in [6, 6.07) is 8.24. The van der Waals surface area contributed by atoms with E-state index in [1.54, 1.807) is 40.2 Å². The smallest absolute Gasteiger partial charge is 0.258 e. The topological polar surface area (TPSA) is 124 Å². The number of aromatic nitrogens is 2. The lowest BCUT2D eigenvalue weighted by Gasteiger charge is -2.39. The molecule has 3 heterocycles. The second-order valence-electron chi connectivity index (χ2n) is 9.81. The molecule has 40 heavy (non-hydrogen) atoms.